The molecule has 0 radical (unpaired) electrons. The van der Waals surface area contributed by atoms with Crippen molar-refractivity contribution in [1.29, 1.82) is 0 Å². The van der Waals surface area contributed by atoms with Crippen molar-refractivity contribution >= 4 is 40.0 Å². The van der Waals surface area contributed by atoms with Gasteiger partial charge in [0, 0.05) is 28.7 Å². The van der Waals surface area contributed by atoms with Crippen molar-refractivity contribution in [3.05, 3.63) is 77.1 Å². The first-order valence-electron chi connectivity index (χ1n) is 9.23. The van der Waals surface area contributed by atoms with Crippen molar-refractivity contribution in [3.63, 3.8) is 0 Å². The molecule has 0 saturated carbocycles. The van der Waals surface area contributed by atoms with E-state index in [0.29, 0.717) is 27.8 Å². The number of rotatable bonds is 3. The minimum absolute atomic E-state index is 0.331. The van der Waals surface area contributed by atoms with Crippen LogP contribution in [-0.4, -0.2) is 35.0 Å². The molecule has 0 spiro atoms. The summed E-state index contributed by atoms with van der Waals surface area (Å²) in [5, 5.41) is 8.53. The molecule has 0 aliphatic heterocycles. The maximum Gasteiger partial charge on any atom is 0.275 e. The molecule has 4 aromatic heterocycles. The molecule has 5 rings (SSSR count). The Morgan fingerprint density at radius 2 is 1.80 bits per heavy atom. The Hall–Kier alpha value is -3.78. The first-order chi connectivity index (χ1) is 14.5. The number of hydrogen-bond acceptors (Lipinski definition) is 5. The average Bonchev–Trinajstić information content (AvgIpc) is 3.32. The van der Waals surface area contributed by atoms with Crippen LogP contribution in [0.5, 0.6) is 0 Å². The molecule has 0 aliphatic rings. The van der Waals surface area contributed by atoms with Gasteiger partial charge in [-0.25, -0.2) is 19.5 Å². The Balaban J connectivity index is 1.62. The van der Waals surface area contributed by atoms with Gasteiger partial charge in [-0.15, -0.1) is 0 Å². The standard InChI is InChI=1S/C21H16ClN7O/c1-12-13(2)28(15-5-3-14(22)4-6-15)20-18(12)19(24-11-25-20)27-21(30)16-7-9-23-17-8-10-26-29(16)17/h3-11H,1-2H3,(H,24,25,27,30). The van der Waals surface area contributed by atoms with Crippen molar-refractivity contribution in [2.24, 2.45) is 0 Å². The summed E-state index contributed by atoms with van der Waals surface area (Å²) in [6.45, 7) is 3.99. The fourth-order valence-corrected chi connectivity index (χ4v) is 3.70. The lowest BCUT2D eigenvalue weighted by Crippen LogP contribution is -2.17. The van der Waals surface area contributed by atoms with Crippen LogP contribution < -0.4 is 5.32 Å². The largest absolute Gasteiger partial charge is 0.305 e. The Labute approximate surface area is 176 Å². The minimum atomic E-state index is -0.331. The van der Waals surface area contributed by atoms with Gasteiger partial charge in [0.05, 0.1) is 11.6 Å². The van der Waals surface area contributed by atoms with E-state index in [0.717, 1.165) is 22.3 Å². The molecule has 0 atom stereocenters. The van der Waals surface area contributed by atoms with Crippen LogP contribution in [0.25, 0.3) is 22.4 Å². The van der Waals surface area contributed by atoms with E-state index < -0.39 is 0 Å². The number of aryl methyl sites for hydroxylation is 1. The van der Waals surface area contributed by atoms with Gasteiger partial charge in [0.1, 0.15) is 17.8 Å². The average molecular weight is 418 g/mol. The third-order valence-electron chi connectivity index (χ3n) is 5.13. The number of amides is 1. The molecule has 5 aromatic rings. The van der Waals surface area contributed by atoms with E-state index in [-0.39, 0.29) is 5.91 Å². The lowest BCUT2D eigenvalue weighted by Gasteiger charge is -2.09. The monoisotopic (exact) mass is 417 g/mol. The van der Waals surface area contributed by atoms with Crippen LogP contribution in [0.15, 0.2) is 55.1 Å². The fourth-order valence-electron chi connectivity index (χ4n) is 3.58. The molecule has 1 N–H and O–H groups in total. The first-order valence-corrected chi connectivity index (χ1v) is 9.61. The number of aromatic nitrogens is 6. The zero-order valence-electron chi connectivity index (χ0n) is 16.2. The highest BCUT2D eigenvalue weighted by Gasteiger charge is 2.20. The maximum absolute atomic E-state index is 13.0. The molecule has 4 heterocycles. The molecule has 0 aliphatic carbocycles. The molecular weight excluding hydrogens is 402 g/mol. The second-order valence-corrected chi connectivity index (χ2v) is 7.26. The van der Waals surface area contributed by atoms with Crippen LogP contribution in [-0.2, 0) is 0 Å². The summed E-state index contributed by atoms with van der Waals surface area (Å²) >= 11 is 6.04. The van der Waals surface area contributed by atoms with Gasteiger partial charge in [0.2, 0.25) is 0 Å². The van der Waals surface area contributed by atoms with Crippen LogP contribution in [0.1, 0.15) is 21.7 Å². The molecular formula is C21H16ClN7O. The minimum Gasteiger partial charge on any atom is -0.305 e. The number of halogens is 1. The fraction of sp³-hybridized carbons (Fsp3) is 0.0952. The predicted molar refractivity (Wildman–Crippen MR) is 114 cm³/mol. The van der Waals surface area contributed by atoms with Crippen molar-refractivity contribution in [2.45, 2.75) is 13.8 Å². The van der Waals surface area contributed by atoms with Gasteiger partial charge < -0.3 is 5.32 Å². The van der Waals surface area contributed by atoms with Crippen molar-refractivity contribution in [3.8, 4) is 5.69 Å². The second kappa shape index (κ2) is 6.93. The van der Waals surface area contributed by atoms with E-state index in [1.54, 1.807) is 24.5 Å². The number of nitrogens with one attached hydrogen (secondary N) is 1. The number of fused-ring (bicyclic) bond motifs is 2. The van der Waals surface area contributed by atoms with Crippen molar-refractivity contribution in [2.75, 3.05) is 5.32 Å². The second-order valence-electron chi connectivity index (χ2n) is 6.83. The van der Waals surface area contributed by atoms with E-state index in [1.165, 1.54) is 10.8 Å². The van der Waals surface area contributed by atoms with Gasteiger partial charge in [-0.2, -0.15) is 5.10 Å². The Morgan fingerprint density at radius 3 is 2.60 bits per heavy atom. The number of carbonyl (C=O) groups is 1. The molecule has 0 bridgehead atoms. The SMILES string of the molecule is Cc1c(C)n(-c2ccc(Cl)cc2)c2ncnc(NC(=O)c3ccnc4ccnn34)c12. The molecule has 30 heavy (non-hydrogen) atoms. The van der Waals surface area contributed by atoms with Crippen LogP contribution in [0.2, 0.25) is 5.02 Å². The highest BCUT2D eigenvalue weighted by molar-refractivity contribution is 6.30. The van der Waals surface area contributed by atoms with Gasteiger partial charge in [-0.3, -0.25) is 9.36 Å². The highest BCUT2D eigenvalue weighted by Crippen LogP contribution is 2.31. The van der Waals surface area contributed by atoms with Crippen LogP contribution in [0, 0.1) is 13.8 Å². The number of carbonyl (C=O) groups excluding carboxylic acids is 1. The Bertz CT molecular complexity index is 1420. The number of nitrogens with zero attached hydrogens (tertiary/aromatic N) is 6. The van der Waals surface area contributed by atoms with E-state index in [9.17, 15) is 4.79 Å². The number of anilines is 1. The summed E-state index contributed by atoms with van der Waals surface area (Å²) in [6, 6.07) is 10.9. The van der Waals surface area contributed by atoms with Gasteiger partial charge in [0.25, 0.3) is 5.91 Å². The Morgan fingerprint density at radius 1 is 1.00 bits per heavy atom. The topological polar surface area (TPSA) is 90.0 Å². The molecule has 8 nitrogen and oxygen atoms in total. The molecule has 9 heteroatoms. The predicted octanol–water partition coefficient (Wildman–Crippen LogP) is 3.99. The zero-order chi connectivity index (χ0) is 20.8. The molecule has 0 saturated heterocycles. The van der Waals surface area contributed by atoms with Crippen molar-refractivity contribution < 1.29 is 4.79 Å². The smallest absolute Gasteiger partial charge is 0.275 e. The highest BCUT2D eigenvalue weighted by atomic mass is 35.5. The van der Waals surface area contributed by atoms with E-state index in [2.05, 4.69) is 25.4 Å². The molecule has 1 aromatic carbocycles. The molecule has 1 amide bonds. The third kappa shape index (κ3) is 2.81. The van der Waals surface area contributed by atoms with E-state index >= 15 is 0 Å². The number of benzene rings is 1. The molecule has 0 fully saturated rings. The summed E-state index contributed by atoms with van der Waals surface area (Å²) in [7, 11) is 0. The molecule has 148 valence electrons. The lowest BCUT2D eigenvalue weighted by molar-refractivity contribution is 0.101. The summed E-state index contributed by atoms with van der Waals surface area (Å²) < 4.78 is 3.52. The van der Waals surface area contributed by atoms with Crippen molar-refractivity contribution in [1.82, 2.24) is 29.1 Å². The quantitative estimate of drug-likeness (QED) is 0.479. The number of hydrogen-bond donors (Lipinski definition) is 1. The van der Waals surface area contributed by atoms with Crippen LogP contribution in [0.4, 0.5) is 5.82 Å². The zero-order valence-corrected chi connectivity index (χ0v) is 16.9. The van der Waals surface area contributed by atoms with Crippen LogP contribution in [0.3, 0.4) is 0 Å². The van der Waals surface area contributed by atoms with Gasteiger partial charge in [-0.1, -0.05) is 11.6 Å². The summed E-state index contributed by atoms with van der Waals surface area (Å²) in [5.74, 6) is 0.109. The van der Waals surface area contributed by atoms with Gasteiger partial charge >= 0.3 is 0 Å². The summed E-state index contributed by atoms with van der Waals surface area (Å²) in [5.41, 5.74) is 4.58. The van der Waals surface area contributed by atoms with Gasteiger partial charge in [0.15, 0.2) is 11.3 Å². The maximum atomic E-state index is 13.0. The van der Waals surface area contributed by atoms with E-state index in [1.807, 2.05) is 42.7 Å². The van der Waals surface area contributed by atoms with Crippen LogP contribution >= 0.6 is 11.6 Å². The summed E-state index contributed by atoms with van der Waals surface area (Å²) in [6.07, 6.45) is 4.62. The third-order valence-corrected chi connectivity index (χ3v) is 5.38. The van der Waals surface area contributed by atoms with Gasteiger partial charge in [-0.05, 0) is 49.7 Å². The lowest BCUT2D eigenvalue weighted by atomic mass is 10.2. The summed E-state index contributed by atoms with van der Waals surface area (Å²) in [4.78, 5) is 26.0. The van der Waals surface area contributed by atoms with E-state index in [4.69, 9.17) is 11.6 Å². The molecule has 0 unspecified atom stereocenters. The normalized spacial score (nSPS) is 11.3. The first kappa shape index (κ1) is 18.3. The Kier molecular flexibility index (Phi) is 4.22.